The summed E-state index contributed by atoms with van der Waals surface area (Å²) in [5.74, 6) is 1.49. The normalized spacial score (nSPS) is 23.1. The number of rotatable bonds is 13. The van der Waals surface area contributed by atoms with Gasteiger partial charge in [-0.25, -0.2) is 19.0 Å². The number of H-pyrrole nitrogens is 1. The fourth-order valence-electron chi connectivity index (χ4n) is 4.28. The van der Waals surface area contributed by atoms with E-state index in [9.17, 15) is 37.5 Å². The standard InChI is InChI=1S/C27H31F4N6O8PS/c1-4-26(28)19(39)17(45-22(26)37-14-33-18-20(37)35-24(32)36-21(18)40)12-44-46(42,43-9-10-47-23(41)25(2,3)13-38)34-11-15-5-7-16(8-6-15)27(29,30)31/h1,5-8,14,17,19,22,38-39H,9-13H2,2-3H3,(H,34,42)(H3,32,35,36,40)/t17-,19-,22?,26-,46?/m1/s1. The first kappa shape index (κ1) is 36.5. The maximum absolute atomic E-state index is 16.1. The number of fused-ring (bicyclic) bond motifs is 1. The summed E-state index contributed by atoms with van der Waals surface area (Å²) in [5.41, 5.74) is -0.169. The van der Waals surface area contributed by atoms with Crippen molar-refractivity contribution in [3.05, 3.63) is 52.1 Å². The van der Waals surface area contributed by atoms with Gasteiger partial charge in [0.25, 0.3) is 5.56 Å². The largest absolute Gasteiger partial charge is 0.416 e. The monoisotopic (exact) mass is 706 g/mol. The maximum atomic E-state index is 16.1. The predicted molar refractivity (Wildman–Crippen MR) is 161 cm³/mol. The molecule has 1 saturated heterocycles. The zero-order valence-electron chi connectivity index (χ0n) is 24.9. The number of imidazole rings is 1. The van der Waals surface area contributed by atoms with Crippen molar-refractivity contribution >= 4 is 41.7 Å². The van der Waals surface area contributed by atoms with Gasteiger partial charge in [0.05, 0.1) is 37.1 Å². The molecular formula is C27H31F4N6O8PS. The molecule has 2 unspecified atom stereocenters. The van der Waals surface area contributed by atoms with E-state index in [0.717, 1.165) is 46.9 Å². The molecule has 4 rings (SSSR count). The van der Waals surface area contributed by atoms with E-state index in [1.54, 1.807) is 0 Å². The fourth-order valence-corrected chi connectivity index (χ4v) is 6.52. The molecule has 6 N–H and O–H groups in total. The lowest BCUT2D eigenvalue weighted by Gasteiger charge is -2.24. The van der Waals surface area contributed by atoms with Crippen molar-refractivity contribution in [1.82, 2.24) is 24.6 Å². The summed E-state index contributed by atoms with van der Waals surface area (Å²) in [4.78, 5) is 34.6. The van der Waals surface area contributed by atoms with Crippen LogP contribution < -0.4 is 16.4 Å². The van der Waals surface area contributed by atoms with E-state index in [-0.39, 0.29) is 46.7 Å². The number of aromatic amines is 1. The third-order valence-electron chi connectivity index (χ3n) is 7.06. The zero-order valence-corrected chi connectivity index (χ0v) is 26.6. The first-order valence-electron chi connectivity index (χ1n) is 13.7. The molecule has 20 heteroatoms. The average molecular weight is 707 g/mol. The van der Waals surface area contributed by atoms with Crippen LogP contribution in [-0.4, -0.2) is 78.3 Å². The number of alkyl halides is 4. The number of ether oxygens (including phenoxy) is 1. The lowest BCUT2D eigenvalue weighted by molar-refractivity contribution is -0.137. The second-order valence-electron chi connectivity index (χ2n) is 11.0. The molecule has 0 saturated carbocycles. The van der Waals surface area contributed by atoms with Gasteiger partial charge in [-0.1, -0.05) is 29.8 Å². The Balaban J connectivity index is 1.51. The van der Waals surface area contributed by atoms with E-state index in [0.29, 0.717) is 0 Å². The van der Waals surface area contributed by atoms with Crippen molar-refractivity contribution in [2.45, 2.75) is 50.7 Å². The Kier molecular flexibility index (Phi) is 10.9. The van der Waals surface area contributed by atoms with E-state index < -0.39 is 67.8 Å². The predicted octanol–water partition coefficient (Wildman–Crippen LogP) is 2.53. The summed E-state index contributed by atoms with van der Waals surface area (Å²) < 4.78 is 86.3. The lowest BCUT2D eigenvalue weighted by Crippen LogP contribution is -2.42. The number of carbonyl (C=O) groups is 1. The number of aromatic nitrogens is 4. The van der Waals surface area contributed by atoms with Crippen LogP contribution in [0.3, 0.4) is 0 Å². The van der Waals surface area contributed by atoms with E-state index in [1.165, 1.54) is 13.8 Å². The van der Waals surface area contributed by atoms with Gasteiger partial charge in [-0.2, -0.15) is 18.2 Å². The summed E-state index contributed by atoms with van der Waals surface area (Å²) in [5, 5.41) is 22.4. The molecule has 256 valence electrons. The van der Waals surface area contributed by atoms with Crippen molar-refractivity contribution in [2.24, 2.45) is 5.41 Å². The van der Waals surface area contributed by atoms with Crippen LogP contribution in [0.25, 0.3) is 11.2 Å². The number of thioether (sulfide) groups is 1. The molecule has 47 heavy (non-hydrogen) atoms. The molecular weight excluding hydrogens is 675 g/mol. The Bertz CT molecular complexity index is 1750. The van der Waals surface area contributed by atoms with Gasteiger partial charge >= 0.3 is 13.9 Å². The molecule has 1 fully saturated rings. The SMILES string of the molecule is C#C[C@]1(F)C(n2cnc3c(=O)[nH]c(N)nc32)O[C@H](COP(=O)(NCc2ccc(C(F)(F)F)cc2)OCCSC(=O)C(C)(C)CO)[C@H]1O. The number of nitrogen functional groups attached to an aromatic ring is 1. The lowest BCUT2D eigenvalue weighted by atomic mass is 9.97. The molecule has 14 nitrogen and oxygen atoms in total. The van der Waals surface area contributed by atoms with Gasteiger partial charge in [0.1, 0.15) is 12.2 Å². The van der Waals surface area contributed by atoms with Crippen LogP contribution in [0.15, 0.2) is 35.4 Å². The van der Waals surface area contributed by atoms with Gasteiger partial charge in [-0.3, -0.25) is 28.2 Å². The Morgan fingerprint density at radius 3 is 2.62 bits per heavy atom. The molecule has 1 aliphatic rings. The first-order valence-corrected chi connectivity index (χ1v) is 16.3. The molecule has 0 radical (unpaired) electrons. The average Bonchev–Trinajstić information content (AvgIpc) is 3.55. The topological polar surface area (TPSA) is 204 Å². The molecule has 0 amide bonds. The second-order valence-corrected chi connectivity index (χ2v) is 13.9. The van der Waals surface area contributed by atoms with E-state index in [1.807, 2.05) is 5.92 Å². The zero-order chi connectivity index (χ0) is 34.8. The van der Waals surface area contributed by atoms with Crippen LogP contribution in [0.4, 0.5) is 23.5 Å². The van der Waals surface area contributed by atoms with Crippen molar-refractivity contribution < 1.29 is 50.9 Å². The van der Waals surface area contributed by atoms with Crippen molar-refractivity contribution in [3.8, 4) is 12.3 Å². The Morgan fingerprint density at radius 1 is 1.32 bits per heavy atom. The third kappa shape index (κ3) is 8.04. The molecule has 0 spiro atoms. The van der Waals surface area contributed by atoms with Crippen LogP contribution >= 0.6 is 19.5 Å². The highest BCUT2D eigenvalue weighted by molar-refractivity contribution is 8.13. The van der Waals surface area contributed by atoms with Crippen molar-refractivity contribution in [1.29, 1.82) is 0 Å². The van der Waals surface area contributed by atoms with Gasteiger partial charge in [-0.05, 0) is 31.5 Å². The number of nitrogens with one attached hydrogen (secondary N) is 2. The minimum absolute atomic E-state index is 0.0319. The van der Waals surface area contributed by atoms with Crippen molar-refractivity contribution in [2.75, 3.05) is 31.3 Å². The molecule has 1 aromatic carbocycles. The number of aliphatic hydroxyl groups excluding tert-OH is 2. The smallest absolute Gasteiger partial charge is 0.395 e. The number of terminal acetylenes is 1. The number of benzene rings is 1. The number of anilines is 1. The minimum atomic E-state index is -4.57. The van der Waals surface area contributed by atoms with Crippen LogP contribution in [0.1, 0.15) is 31.2 Å². The van der Waals surface area contributed by atoms with Gasteiger partial charge in [0.2, 0.25) is 11.6 Å². The molecule has 0 bridgehead atoms. The molecule has 0 aliphatic carbocycles. The molecule has 1 aliphatic heterocycles. The molecule has 3 heterocycles. The van der Waals surface area contributed by atoms with Crippen molar-refractivity contribution in [3.63, 3.8) is 0 Å². The third-order valence-corrected chi connectivity index (χ3v) is 9.81. The molecule has 5 atom stereocenters. The van der Waals surface area contributed by atoms with Gasteiger partial charge in [0, 0.05) is 12.3 Å². The highest BCUT2D eigenvalue weighted by Crippen LogP contribution is 2.47. The maximum Gasteiger partial charge on any atom is 0.416 e. The van der Waals surface area contributed by atoms with E-state index >= 15 is 4.39 Å². The van der Waals surface area contributed by atoms with Gasteiger partial charge in [0.15, 0.2) is 22.5 Å². The van der Waals surface area contributed by atoms with Crippen LogP contribution in [0.5, 0.6) is 0 Å². The summed E-state index contributed by atoms with van der Waals surface area (Å²) in [7, 11) is -4.40. The number of nitrogens with two attached hydrogens (primary N) is 1. The number of carbonyl (C=O) groups excluding carboxylic acids is 1. The highest BCUT2D eigenvalue weighted by Gasteiger charge is 2.58. The number of hydrogen-bond acceptors (Lipinski definition) is 12. The number of halogens is 4. The summed E-state index contributed by atoms with van der Waals surface area (Å²) in [6, 6.07) is 3.94. The molecule has 2 aromatic heterocycles. The summed E-state index contributed by atoms with van der Waals surface area (Å²) >= 11 is 0.796. The van der Waals surface area contributed by atoms with E-state index in [4.69, 9.17) is 25.9 Å². The van der Waals surface area contributed by atoms with Gasteiger partial charge < -0.3 is 20.7 Å². The van der Waals surface area contributed by atoms with Gasteiger partial charge in [-0.15, -0.1) is 6.42 Å². The number of aliphatic hydroxyl groups is 2. The van der Waals surface area contributed by atoms with E-state index in [2.05, 4.69) is 20.0 Å². The second kappa shape index (κ2) is 14.0. The van der Waals surface area contributed by atoms with Crippen LogP contribution in [-0.2, 0) is 35.9 Å². The highest BCUT2D eigenvalue weighted by atomic mass is 32.2. The summed E-state index contributed by atoms with van der Waals surface area (Å²) in [6.45, 7) is 1.21. The minimum Gasteiger partial charge on any atom is -0.395 e. The van der Waals surface area contributed by atoms with Crippen LogP contribution in [0, 0.1) is 17.8 Å². The fraction of sp³-hybridized carbons (Fsp3) is 0.481. The molecule has 3 aromatic rings. The van der Waals surface area contributed by atoms with Crippen LogP contribution in [0.2, 0.25) is 0 Å². The Morgan fingerprint density at radius 2 is 2.00 bits per heavy atom. The first-order chi connectivity index (χ1) is 21.9. The number of nitrogens with zero attached hydrogens (tertiary/aromatic N) is 3. The number of hydrogen-bond donors (Lipinski definition) is 5. The Hall–Kier alpha value is -3.34. The quantitative estimate of drug-likeness (QED) is 0.0752. The summed E-state index contributed by atoms with van der Waals surface area (Å²) in [6.07, 6.45) is -3.58. The Labute approximate surface area is 269 Å².